The molecule has 2 saturated carbocycles. The molecule has 2 aliphatic carbocycles. The van der Waals surface area contributed by atoms with E-state index in [1.165, 1.54) is 24.3 Å². The Hall–Kier alpha value is -4.26. The van der Waals surface area contributed by atoms with Crippen molar-refractivity contribution in [1.29, 1.82) is 0 Å². The van der Waals surface area contributed by atoms with Gasteiger partial charge in [0.1, 0.15) is 0 Å². The fourth-order valence-electron chi connectivity index (χ4n) is 9.82. The third-order valence-corrected chi connectivity index (χ3v) is 20.2. The van der Waals surface area contributed by atoms with Crippen molar-refractivity contribution in [2.24, 2.45) is 46.1 Å². The standard InChI is InChI=1S/C13H18F6O.C13H17F3O.C11H19F3O3.C10H15NO2S.C10H14O3S.C8H15F3O/c1-6-7(2)10-4-8(6)3-9(10)5-11(20,12(14,15)16)13(17,18)19;1-4-9(2)10-5-7-11(8-6-10)12(3,17)13(14,15)16;1-5-9(2,3)8(15)17-7-6-10(4,16)11(12,13)14;2*1-3-8(2)9-4-6-10(7-5-9)14(11,12)13;1-4-6(2)5-7(3,12)8(9,10)11/h6-10,20H,3-5H2,1-2H3;5-9,17H,4H2,1-3H3;16H,5-7H2,1-4H3;4-8H,3H2,1-2H3,(H2,11,12,13);4-8H,3H2,1-2H3,(H,11,12,13);6,12H,4-5H2,1-3H3. The Kier molecular flexibility index (Phi) is 33.4. The first kappa shape index (κ1) is 89.7. The van der Waals surface area contributed by atoms with Crippen molar-refractivity contribution in [2.75, 3.05) is 6.61 Å². The third kappa shape index (κ3) is 26.2. The largest absolute Gasteiger partial charge is 0.465 e. The van der Waals surface area contributed by atoms with E-state index in [-0.39, 0.29) is 45.4 Å². The molecule has 29 heteroatoms. The molecule has 3 aromatic rings. The first-order chi connectivity index (χ1) is 42.1. The van der Waals surface area contributed by atoms with Crippen LogP contribution in [0, 0.1) is 40.9 Å². The number of aliphatic hydroxyl groups is 4. The van der Waals surface area contributed by atoms with E-state index in [1.54, 1.807) is 71.0 Å². The second kappa shape index (κ2) is 35.0. The van der Waals surface area contributed by atoms with Gasteiger partial charge < -0.3 is 25.2 Å². The molecule has 2 fully saturated rings. The van der Waals surface area contributed by atoms with Gasteiger partial charge in [0, 0.05) is 6.42 Å². The van der Waals surface area contributed by atoms with E-state index in [0.29, 0.717) is 56.3 Å². The number of fused-ring (bicyclic) bond motifs is 2. The molecule has 0 aliphatic heterocycles. The Bertz CT molecular complexity index is 2870. The molecule has 12 unspecified atom stereocenters. The summed E-state index contributed by atoms with van der Waals surface area (Å²) in [6.07, 6.45) is -22.3. The minimum Gasteiger partial charge on any atom is -0.465 e. The van der Waals surface area contributed by atoms with E-state index >= 15 is 0 Å². The predicted octanol–water partition coefficient (Wildman–Crippen LogP) is 17.8. The summed E-state index contributed by atoms with van der Waals surface area (Å²) in [4.78, 5) is 11.6. The van der Waals surface area contributed by atoms with E-state index in [1.807, 2.05) is 39.8 Å². The van der Waals surface area contributed by atoms with Gasteiger partial charge in [0.25, 0.3) is 15.7 Å². The average Bonchev–Trinajstić information content (AvgIpc) is 1.48. The van der Waals surface area contributed by atoms with Gasteiger partial charge in [0.2, 0.25) is 10.0 Å². The Morgan fingerprint density at radius 3 is 1.20 bits per heavy atom. The van der Waals surface area contributed by atoms with E-state index in [4.69, 9.17) is 24.6 Å². The number of hydrogen-bond acceptors (Lipinski definition) is 10. The number of halogens is 15. The summed E-state index contributed by atoms with van der Waals surface area (Å²) in [5, 5.41) is 41.9. The van der Waals surface area contributed by atoms with Crippen LogP contribution in [-0.4, -0.2) is 102 Å². The topological polar surface area (TPSA) is 222 Å². The van der Waals surface area contributed by atoms with Crippen molar-refractivity contribution in [3.8, 4) is 0 Å². The van der Waals surface area contributed by atoms with E-state index in [9.17, 15) is 97.7 Å². The van der Waals surface area contributed by atoms with Crippen LogP contribution >= 0.6 is 0 Å². The van der Waals surface area contributed by atoms with Gasteiger partial charge in [-0.2, -0.15) is 74.3 Å². The molecule has 0 amide bonds. The van der Waals surface area contributed by atoms with Gasteiger partial charge in [-0.05, 0) is 186 Å². The van der Waals surface area contributed by atoms with Crippen LogP contribution in [0.25, 0.3) is 0 Å². The molecular formula is C65H98F15NO11S2. The van der Waals surface area contributed by atoms with Crippen LogP contribution in [-0.2, 0) is 35.3 Å². The van der Waals surface area contributed by atoms with Gasteiger partial charge in [0.05, 0.1) is 21.8 Å². The lowest BCUT2D eigenvalue weighted by Crippen LogP contribution is -2.58. The third-order valence-electron chi connectivity index (χ3n) is 18.4. The van der Waals surface area contributed by atoms with Crippen LogP contribution in [0.5, 0.6) is 0 Å². The van der Waals surface area contributed by atoms with Crippen molar-refractivity contribution in [3.63, 3.8) is 0 Å². The smallest absolute Gasteiger partial charge is 0.426 e. The number of carbonyl (C=O) groups is 1. The lowest BCUT2D eigenvalue weighted by atomic mass is 9.72. The molecular weight excluding hydrogens is 1320 g/mol. The fraction of sp³-hybridized carbons (Fsp3) is 0.708. The minimum absolute atomic E-state index is 0.0513. The van der Waals surface area contributed by atoms with Crippen molar-refractivity contribution in [1.82, 2.24) is 0 Å². The zero-order chi connectivity index (χ0) is 74.2. The Morgan fingerprint density at radius 1 is 0.543 bits per heavy atom. The quantitative estimate of drug-likeness (QED) is 0.0376. The SMILES string of the molecule is CC1C2CC(CC(O)(C(F)(F)F)C(F)(F)F)C(C2)C1C.CCC(C)(C)C(=O)OCCC(C)(O)C(F)(F)F.CCC(C)CC(C)(O)C(F)(F)F.CCC(C)c1ccc(C(C)(O)C(F)(F)F)cc1.CCC(C)c1ccc(S(=O)(=O)O)cc1.CCC(C)c1ccc(S(N)(=O)=O)cc1. The highest BCUT2D eigenvalue weighted by molar-refractivity contribution is 7.89. The van der Waals surface area contributed by atoms with Crippen LogP contribution in [0.15, 0.2) is 82.6 Å². The van der Waals surface area contributed by atoms with Crippen molar-refractivity contribution in [3.05, 3.63) is 95.1 Å². The monoisotopic (exact) mass is 1420 g/mol. The van der Waals surface area contributed by atoms with Crippen molar-refractivity contribution < 1.29 is 117 Å². The molecule has 0 saturated heterocycles. The second-order valence-corrected chi connectivity index (χ2v) is 29.1. The van der Waals surface area contributed by atoms with Crippen LogP contribution in [0.4, 0.5) is 65.9 Å². The molecule has 3 aromatic carbocycles. The van der Waals surface area contributed by atoms with E-state index in [0.717, 1.165) is 49.8 Å². The Balaban J connectivity index is 0.00000111. The van der Waals surface area contributed by atoms with Gasteiger partial charge in [-0.1, -0.05) is 131 Å². The maximum absolute atomic E-state index is 12.7. The molecule has 0 radical (unpaired) electrons. The average molecular weight is 1420 g/mol. The van der Waals surface area contributed by atoms with Crippen LogP contribution in [0.2, 0.25) is 0 Å². The maximum Gasteiger partial charge on any atom is 0.426 e. The summed E-state index contributed by atoms with van der Waals surface area (Å²) >= 11 is 0. The second-order valence-electron chi connectivity index (χ2n) is 26.1. The Morgan fingerprint density at radius 2 is 0.915 bits per heavy atom. The number of esters is 1. The summed E-state index contributed by atoms with van der Waals surface area (Å²) in [7, 11) is -7.60. The highest BCUT2D eigenvalue weighted by atomic mass is 32.2. The van der Waals surface area contributed by atoms with E-state index < -0.39 is 110 Å². The number of alkyl halides is 15. The maximum atomic E-state index is 12.7. The van der Waals surface area contributed by atoms with Gasteiger partial charge in [0.15, 0.2) is 16.8 Å². The number of rotatable bonds is 19. The molecule has 2 aliphatic rings. The summed E-state index contributed by atoms with van der Waals surface area (Å²) in [6.45, 7) is 26.6. The zero-order valence-electron chi connectivity index (χ0n) is 56.2. The van der Waals surface area contributed by atoms with Gasteiger partial charge in [-0.25, -0.2) is 13.6 Å². The van der Waals surface area contributed by atoms with Crippen LogP contribution < -0.4 is 5.14 Å². The number of primary sulfonamides is 1. The molecule has 7 N–H and O–H groups in total. The minimum atomic E-state index is -5.69. The number of benzene rings is 3. The molecule has 0 spiro atoms. The first-order valence-electron chi connectivity index (χ1n) is 30.8. The van der Waals surface area contributed by atoms with Crippen LogP contribution in [0.1, 0.15) is 215 Å². The van der Waals surface area contributed by atoms with Gasteiger partial charge >= 0.3 is 36.9 Å². The van der Waals surface area contributed by atoms with Gasteiger partial charge in [-0.3, -0.25) is 9.35 Å². The Labute approximate surface area is 544 Å². The summed E-state index contributed by atoms with van der Waals surface area (Å²) in [6, 6.07) is 19.0. The van der Waals surface area contributed by atoms with Crippen molar-refractivity contribution in [2.45, 2.75) is 256 Å². The number of carbonyl (C=O) groups excluding carboxylic acids is 1. The molecule has 0 aromatic heterocycles. The highest BCUT2D eigenvalue weighted by Crippen LogP contribution is 2.59. The number of sulfonamides is 1. The highest BCUT2D eigenvalue weighted by Gasteiger charge is 2.71. The molecule has 0 heterocycles. The fourth-order valence-corrected chi connectivity index (χ4v) is 10.8. The molecule has 12 nitrogen and oxygen atoms in total. The normalized spacial score (nSPS) is 21.1. The number of ether oxygens (including phenoxy) is 1. The summed E-state index contributed by atoms with van der Waals surface area (Å²) in [5.74, 6) is 0.274. The number of hydrogen-bond donors (Lipinski definition) is 6. The molecule has 12 atom stereocenters. The zero-order valence-corrected chi connectivity index (χ0v) is 57.8. The summed E-state index contributed by atoms with van der Waals surface area (Å²) < 4.78 is 244. The molecule has 2 bridgehead atoms. The first-order valence-corrected chi connectivity index (χ1v) is 33.8. The molecule has 546 valence electrons. The van der Waals surface area contributed by atoms with Crippen LogP contribution in [0.3, 0.4) is 0 Å². The van der Waals surface area contributed by atoms with Crippen molar-refractivity contribution >= 4 is 26.1 Å². The summed E-state index contributed by atoms with van der Waals surface area (Å²) in [5.41, 5.74) is -10.4. The number of nitrogens with two attached hydrogens (primary N) is 1. The molecule has 94 heavy (non-hydrogen) atoms. The predicted molar refractivity (Wildman–Crippen MR) is 329 cm³/mol. The lowest BCUT2D eigenvalue weighted by Gasteiger charge is -2.39. The molecule has 5 rings (SSSR count). The lowest BCUT2D eigenvalue weighted by molar-refractivity contribution is -0.373. The van der Waals surface area contributed by atoms with E-state index in [2.05, 4.69) is 27.7 Å². The van der Waals surface area contributed by atoms with Gasteiger partial charge in [-0.15, -0.1) is 0 Å².